The first kappa shape index (κ1) is 60.7. The molecule has 3 N–H and O–H groups in total. The second-order valence-corrected chi connectivity index (χ2v) is 25.6. The van der Waals surface area contributed by atoms with Crippen molar-refractivity contribution in [1.82, 2.24) is 29.9 Å². The Kier molecular flexibility index (Phi) is 16.5. The molecule has 6 aromatic rings. The van der Waals surface area contributed by atoms with Crippen LogP contribution < -0.4 is 9.62 Å². The van der Waals surface area contributed by atoms with Gasteiger partial charge in [0.1, 0.15) is 30.4 Å². The zero-order chi connectivity index (χ0) is 58.9. The molecule has 3 aromatic heterocycles. The summed E-state index contributed by atoms with van der Waals surface area (Å²) in [6, 6.07) is 9.53. The van der Waals surface area contributed by atoms with Gasteiger partial charge in [0, 0.05) is 46.2 Å². The fourth-order valence-electron chi connectivity index (χ4n) is 9.11. The van der Waals surface area contributed by atoms with Gasteiger partial charge < -0.3 is 15.1 Å². The number of sulfone groups is 1. The molecule has 17 nitrogen and oxygen atoms in total. The standard InChI is InChI=1S/C48H47ClF10N7O10PS2/c1-24-25(2)47(55,56)42-37(24)41(48(57,58)59)62-64(42)21-36(67)61-35(19-26-17-28(50)20-29(51)18-26)39-32(12-11-30(60-39)15-16-45(3,4)78(5,72)73)33-13-14-34(49)38-40(33)65(23-46(52,53)54)63-43(38)66(79(6,74)75)44(68)31-10-8-7-9-27(31)22-76-77(69,70)71/h7-14,17-18,20,24-25,35H,15-16,19,21-23H2,1-6H3,(H,61,67)(H2,69,70,71)/t24-,25+,35-/m0/s1. The summed E-state index contributed by atoms with van der Waals surface area (Å²) in [5.41, 5.74) is -6.75. The molecule has 0 spiro atoms. The first-order chi connectivity index (χ1) is 36.2. The molecule has 79 heavy (non-hydrogen) atoms. The third kappa shape index (κ3) is 13.0. The lowest BCUT2D eigenvalue weighted by Crippen LogP contribution is -2.37. The van der Waals surface area contributed by atoms with Crippen LogP contribution in [0.15, 0.2) is 66.7 Å². The van der Waals surface area contributed by atoms with E-state index in [-0.39, 0.29) is 48.9 Å². The van der Waals surface area contributed by atoms with Crippen LogP contribution >= 0.6 is 19.4 Å². The van der Waals surface area contributed by atoms with Gasteiger partial charge in [-0.1, -0.05) is 55.8 Å². The van der Waals surface area contributed by atoms with Crippen LogP contribution in [0.1, 0.15) is 95.9 Å². The number of carbonyl (C=O) groups excluding carboxylic acids is 2. The zero-order valence-corrected chi connectivity index (χ0v) is 45.4. The molecule has 0 saturated carbocycles. The Morgan fingerprint density at radius 2 is 1.53 bits per heavy atom. The molecule has 1 aliphatic rings. The number of hydrogen-bond acceptors (Lipinski definition) is 11. The van der Waals surface area contributed by atoms with E-state index in [1.165, 1.54) is 38.1 Å². The summed E-state index contributed by atoms with van der Waals surface area (Å²) < 4.78 is 217. The topological polar surface area (TPSA) is 233 Å². The Morgan fingerprint density at radius 1 is 0.911 bits per heavy atom. The van der Waals surface area contributed by atoms with E-state index in [1.54, 1.807) is 0 Å². The van der Waals surface area contributed by atoms with Gasteiger partial charge in [-0.15, -0.1) is 0 Å². The molecular formula is C48H47ClF10N7O10PS2. The minimum Gasteiger partial charge on any atom is -0.346 e. The van der Waals surface area contributed by atoms with Gasteiger partial charge in [0.15, 0.2) is 21.3 Å². The normalized spacial score (nSPS) is 16.5. The van der Waals surface area contributed by atoms with Gasteiger partial charge in [-0.3, -0.25) is 28.5 Å². The number of carbonyl (C=O) groups is 2. The summed E-state index contributed by atoms with van der Waals surface area (Å²) >= 11 is 6.72. The number of aromatic nitrogens is 5. The third-order valence-electron chi connectivity index (χ3n) is 13.4. The number of phosphoric acid groups is 1. The van der Waals surface area contributed by atoms with Crippen molar-refractivity contribution in [3.05, 3.63) is 128 Å². The third-order valence-corrected chi connectivity index (χ3v) is 17.4. The monoisotopic (exact) mass is 1200 g/mol. The number of nitrogens with zero attached hydrogens (tertiary/aromatic N) is 6. The highest BCUT2D eigenvalue weighted by atomic mass is 35.5. The molecule has 0 unspecified atom stereocenters. The highest BCUT2D eigenvalue weighted by Crippen LogP contribution is 2.55. The van der Waals surface area contributed by atoms with E-state index >= 15 is 8.78 Å². The maximum Gasteiger partial charge on any atom is 0.469 e. The van der Waals surface area contributed by atoms with Gasteiger partial charge in [0.05, 0.1) is 45.3 Å². The van der Waals surface area contributed by atoms with Gasteiger partial charge >= 0.3 is 20.2 Å². The smallest absolute Gasteiger partial charge is 0.346 e. The average Bonchev–Trinajstić information content (AvgIpc) is 4.04. The predicted octanol–water partition coefficient (Wildman–Crippen LogP) is 9.72. The maximum absolute atomic E-state index is 15.9. The number of anilines is 1. The van der Waals surface area contributed by atoms with Crippen molar-refractivity contribution < 1.29 is 89.2 Å². The maximum atomic E-state index is 15.9. The number of phosphoric ester groups is 1. The van der Waals surface area contributed by atoms with E-state index in [1.807, 2.05) is 0 Å². The molecule has 3 atom stereocenters. The van der Waals surface area contributed by atoms with Gasteiger partial charge in [0.25, 0.3) is 11.8 Å². The zero-order valence-electron chi connectivity index (χ0n) is 42.1. The number of nitrogens with one attached hydrogen (secondary N) is 1. The average molecular weight is 1200 g/mol. The SMILES string of the molecule is C[C@@H]1c2c(C(F)(F)F)nn(CC(=O)N[C@@H](Cc3cc(F)cc(F)c3)c3nc(CCC(C)(C)S(C)(=O)=O)ccc3-c3ccc(Cl)c4c(N(C(=O)c5ccccc5COP(=O)(O)O)S(C)(=O)=O)nn(CC(F)(F)F)c34)c2C(F)(F)[C@@H]1C. The summed E-state index contributed by atoms with van der Waals surface area (Å²) in [7, 11) is -14.0. The fraction of sp³-hybridized carbons (Fsp3) is 0.396. The summed E-state index contributed by atoms with van der Waals surface area (Å²) in [4.78, 5) is 52.3. The number of pyridine rings is 1. The predicted molar refractivity (Wildman–Crippen MR) is 266 cm³/mol. The second-order valence-electron chi connectivity index (χ2n) is 19.5. The Labute approximate surface area is 449 Å². The van der Waals surface area contributed by atoms with E-state index in [2.05, 4.69) is 20.0 Å². The van der Waals surface area contributed by atoms with Crippen molar-refractivity contribution in [1.29, 1.82) is 0 Å². The lowest BCUT2D eigenvalue weighted by atomic mass is 9.93. The van der Waals surface area contributed by atoms with Crippen molar-refractivity contribution in [3.8, 4) is 11.1 Å². The van der Waals surface area contributed by atoms with Gasteiger partial charge in [-0.05, 0) is 80.5 Å². The summed E-state index contributed by atoms with van der Waals surface area (Å²) in [5.74, 6) is -13.3. The van der Waals surface area contributed by atoms with Crippen molar-refractivity contribution in [2.24, 2.45) is 5.92 Å². The lowest BCUT2D eigenvalue weighted by molar-refractivity contribution is -0.143. The molecule has 0 radical (unpaired) electrons. The molecule has 3 aromatic carbocycles. The number of benzene rings is 3. The van der Waals surface area contributed by atoms with Crippen molar-refractivity contribution in [3.63, 3.8) is 0 Å². The number of fused-ring (bicyclic) bond motifs is 2. The number of halogens is 11. The molecule has 0 fully saturated rings. The Morgan fingerprint density at radius 3 is 2.11 bits per heavy atom. The van der Waals surface area contributed by atoms with E-state index < -0.39 is 174 Å². The van der Waals surface area contributed by atoms with Crippen LogP contribution in [-0.2, 0) is 78.4 Å². The van der Waals surface area contributed by atoms with Gasteiger partial charge in [-0.25, -0.2) is 30.2 Å². The summed E-state index contributed by atoms with van der Waals surface area (Å²) in [6.07, 6.45) is -10.1. The van der Waals surface area contributed by atoms with Crippen LogP contribution in [0.3, 0.4) is 0 Å². The summed E-state index contributed by atoms with van der Waals surface area (Å²) in [6.45, 7) is 0.526. The molecule has 428 valence electrons. The van der Waals surface area contributed by atoms with Gasteiger partial charge in [0.2, 0.25) is 15.9 Å². The second kappa shape index (κ2) is 21.5. The highest BCUT2D eigenvalue weighted by molar-refractivity contribution is 7.93. The van der Waals surface area contributed by atoms with Crippen molar-refractivity contribution in [2.75, 3.05) is 16.8 Å². The molecule has 1 aliphatic carbocycles. The number of amides is 2. The molecular weight excluding hydrogens is 1160 g/mol. The largest absolute Gasteiger partial charge is 0.469 e. The Hall–Kier alpha value is -5.97. The van der Waals surface area contributed by atoms with Crippen LogP contribution in [0.2, 0.25) is 5.02 Å². The number of aryl methyl sites for hydroxylation is 1. The number of hydrogen-bond donors (Lipinski definition) is 3. The number of rotatable bonds is 18. The minimum absolute atomic E-state index is 0.00687. The van der Waals surface area contributed by atoms with Crippen LogP contribution in [0, 0.1) is 17.6 Å². The van der Waals surface area contributed by atoms with Crippen LogP contribution in [0.5, 0.6) is 0 Å². The van der Waals surface area contributed by atoms with E-state index in [0.29, 0.717) is 12.3 Å². The first-order valence-corrected chi connectivity index (χ1v) is 28.9. The Bertz CT molecular complexity index is 3660. The molecule has 31 heteroatoms. The molecule has 0 bridgehead atoms. The molecule has 7 rings (SSSR count). The van der Waals surface area contributed by atoms with Crippen molar-refractivity contribution >= 4 is 67.8 Å². The molecule has 2 amide bonds. The molecule has 3 heterocycles. The fourth-order valence-corrected chi connectivity index (χ4v) is 11.0. The Balaban J connectivity index is 1.49. The van der Waals surface area contributed by atoms with E-state index in [9.17, 15) is 75.9 Å². The van der Waals surface area contributed by atoms with E-state index in [4.69, 9.17) is 16.6 Å². The number of alkyl halides is 8. The first-order valence-electron chi connectivity index (χ1n) is 23.3. The summed E-state index contributed by atoms with van der Waals surface area (Å²) in [5, 5.41) is 8.62. The highest BCUT2D eigenvalue weighted by Gasteiger charge is 2.57. The van der Waals surface area contributed by atoms with Crippen LogP contribution in [0.25, 0.3) is 22.0 Å². The quantitative estimate of drug-likeness (QED) is 0.0538. The van der Waals surface area contributed by atoms with Crippen LogP contribution in [0.4, 0.5) is 49.7 Å². The number of sulfonamides is 1. The van der Waals surface area contributed by atoms with Crippen LogP contribution in [-0.4, -0.2) is 86.4 Å². The van der Waals surface area contributed by atoms with E-state index in [0.717, 1.165) is 56.5 Å². The van der Waals surface area contributed by atoms with Gasteiger partial charge in [-0.2, -0.15) is 49.6 Å². The lowest BCUT2D eigenvalue weighted by Gasteiger charge is -2.25. The minimum atomic E-state index is -5.28. The van der Waals surface area contributed by atoms with Crippen molar-refractivity contribution in [2.45, 2.75) is 102 Å². The molecule has 0 aliphatic heterocycles. The molecule has 0 saturated heterocycles.